The largest absolute Gasteiger partial charge is 0.394 e. The van der Waals surface area contributed by atoms with Gasteiger partial charge >= 0.3 is 0 Å². The van der Waals surface area contributed by atoms with Crippen LogP contribution in [0.25, 0.3) is 0 Å². The Morgan fingerprint density at radius 2 is 1.88 bits per heavy atom. The number of amides is 1. The van der Waals surface area contributed by atoms with E-state index in [1.807, 2.05) is 41.6 Å². The molecule has 1 N–H and O–H groups in total. The maximum atomic E-state index is 12.7. The molecule has 0 bridgehead atoms. The van der Waals surface area contributed by atoms with E-state index in [2.05, 4.69) is 11.2 Å². The standard InChI is InChI=1S/C19H25N3O2/c1-14-11-15(2)13-17(12-14)19(24)21-7-4-16(5-8-21)18-3-6-20-22(18)9-10-23/h3,6,11-13,16,23H,4-5,7-10H2,1-2H3. The molecule has 0 unspecified atom stereocenters. The van der Waals surface area contributed by atoms with Crippen LogP contribution >= 0.6 is 0 Å². The number of piperidine rings is 1. The maximum Gasteiger partial charge on any atom is 0.253 e. The van der Waals surface area contributed by atoms with Crippen LogP contribution in [0.5, 0.6) is 0 Å². The van der Waals surface area contributed by atoms with E-state index in [-0.39, 0.29) is 12.5 Å². The van der Waals surface area contributed by atoms with E-state index in [1.165, 1.54) is 5.69 Å². The fourth-order valence-electron chi connectivity index (χ4n) is 3.63. The van der Waals surface area contributed by atoms with Gasteiger partial charge in [-0.2, -0.15) is 5.10 Å². The molecule has 24 heavy (non-hydrogen) atoms. The van der Waals surface area contributed by atoms with Crippen molar-refractivity contribution < 1.29 is 9.90 Å². The highest BCUT2D eigenvalue weighted by Crippen LogP contribution is 2.28. The van der Waals surface area contributed by atoms with Crippen LogP contribution in [0.1, 0.15) is 45.9 Å². The van der Waals surface area contributed by atoms with Gasteiger partial charge in [0.15, 0.2) is 0 Å². The number of carbonyl (C=O) groups is 1. The minimum absolute atomic E-state index is 0.0960. The van der Waals surface area contributed by atoms with Crippen molar-refractivity contribution in [2.75, 3.05) is 19.7 Å². The van der Waals surface area contributed by atoms with E-state index in [4.69, 9.17) is 5.11 Å². The Morgan fingerprint density at radius 3 is 2.50 bits per heavy atom. The molecule has 1 saturated heterocycles. The lowest BCUT2D eigenvalue weighted by Crippen LogP contribution is -2.38. The van der Waals surface area contributed by atoms with E-state index in [0.717, 1.165) is 42.6 Å². The summed E-state index contributed by atoms with van der Waals surface area (Å²) in [5, 5.41) is 13.4. The SMILES string of the molecule is Cc1cc(C)cc(C(=O)N2CCC(c3ccnn3CCO)CC2)c1. The molecule has 3 rings (SSSR count). The van der Waals surface area contributed by atoms with Crippen LogP contribution in [0.2, 0.25) is 0 Å². The van der Waals surface area contributed by atoms with E-state index in [0.29, 0.717) is 12.5 Å². The van der Waals surface area contributed by atoms with Gasteiger partial charge in [0.1, 0.15) is 0 Å². The smallest absolute Gasteiger partial charge is 0.253 e. The average molecular weight is 327 g/mol. The van der Waals surface area contributed by atoms with Crippen LogP contribution in [0, 0.1) is 13.8 Å². The van der Waals surface area contributed by atoms with Crippen LogP contribution in [0.4, 0.5) is 0 Å². The first-order chi connectivity index (χ1) is 11.6. The number of nitrogens with zero attached hydrogens (tertiary/aromatic N) is 3. The molecule has 2 heterocycles. The van der Waals surface area contributed by atoms with E-state index < -0.39 is 0 Å². The number of carbonyl (C=O) groups excluding carboxylic acids is 1. The minimum atomic E-state index is 0.0960. The predicted molar refractivity (Wildman–Crippen MR) is 93.1 cm³/mol. The van der Waals surface area contributed by atoms with Gasteiger partial charge in [0, 0.05) is 36.5 Å². The van der Waals surface area contributed by atoms with Crippen molar-refractivity contribution in [3.63, 3.8) is 0 Å². The summed E-state index contributed by atoms with van der Waals surface area (Å²) in [5.41, 5.74) is 4.21. The van der Waals surface area contributed by atoms with Gasteiger partial charge in [-0.15, -0.1) is 0 Å². The molecule has 1 aromatic carbocycles. The molecule has 0 spiro atoms. The Kier molecular flexibility index (Phi) is 5.00. The Hall–Kier alpha value is -2.14. The zero-order chi connectivity index (χ0) is 17.1. The number of aryl methyl sites for hydroxylation is 2. The van der Waals surface area contributed by atoms with Crippen molar-refractivity contribution in [2.45, 2.75) is 39.2 Å². The van der Waals surface area contributed by atoms with Crippen molar-refractivity contribution >= 4 is 5.91 Å². The third-order valence-electron chi connectivity index (χ3n) is 4.73. The van der Waals surface area contributed by atoms with E-state index in [9.17, 15) is 4.79 Å². The van der Waals surface area contributed by atoms with Crippen LogP contribution < -0.4 is 0 Å². The van der Waals surface area contributed by atoms with Crippen LogP contribution in [-0.4, -0.2) is 45.4 Å². The van der Waals surface area contributed by atoms with Gasteiger partial charge in [-0.1, -0.05) is 17.2 Å². The molecule has 1 fully saturated rings. The zero-order valence-electron chi connectivity index (χ0n) is 14.4. The maximum absolute atomic E-state index is 12.7. The molecular formula is C19H25N3O2. The van der Waals surface area contributed by atoms with E-state index >= 15 is 0 Å². The summed E-state index contributed by atoms with van der Waals surface area (Å²) in [6.45, 7) is 6.21. The number of benzene rings is 1. The third-order valence-corrected chi connectivity index (χ3v) is 4.73. The first-order valence-corrected chi connectivity index (χ1v) is 8.58. The van der Waals surface area contributed by atoms with Crippen molar-refractivity contribution in [2.24, 2.45) is 0 Å². The van der Waals surface area contributed by atoms with Gasteiger partial charge < -0.3 is 10.0 Å². The van der Waals surface area contributed by atoms with Crippen molar-refractivity contribution in [3.05, 3.63) is 52.8 Å². The van der Waals surface area contributed by atoms with Crippen molar-refractivity contribution in [3.8, 4) is 0 Å². The van der Waals surface area contributed by atoms with Gasteiger partial charge in [0.05, 0.1) is 13.2 Å². The average Bonchev–Trinajstić information content (AvgIpc) is 3.02. The Morgan fingerprint density at radius 1 is 1.21 bits per heavy atom. The van der Waals surface area contributed by atoms with Gasteiger partial charge in [-0.05, 0) is 44.9 Å². The quantitative estimate of drug-likeness (QED) is 0.939. The summed E-state index contributed by atoms with van der Waals surface area (Å²) in [6, 6.07) is 8.06. The molecule has 0 aliphatic carbocycles. The summed E-state index contributed by atoms with van der Waals surface area (Å²) in [7, 11) is 0. The summed E-state index contributed by atoms with van der Waals surface area (Å²) in [4.78, 5) is 14.7. The molecule has 0 atom stereocenters. The van der Waals surface area contributed by atoms with Crippen LogP contribution in [0.15, 0.2) is 30.5 Å². The monoisotopic (exact) mass is 327 g/mol. The number of hydrogen-bond donors (Lipinski definition) is 1. The topological polar surface area (TPSA) is 58.4 Å². The molecule has 0 saturated carbocycles. The van der Waals surface area contributed by atoms with Crippen molar-refractivity contribution in [1.82, 2.24) is 14.7 Å². The molecule has 2 aromatic rings. The Balaban J connectivity index is 1.66. The second kappa shape index (κ2) is 7.18. The molecule has 1 aromatic heterocycles. The normalized spacial score (nSPS) is 15.7. The number of aliphatic hydroxyl groups is 1. The third kappa shape index (κ3) is 3.51. The second-order valence-corrected chi connectivity index (χ2v) is 6.65. The molecule has 0 radical (unpaired) electrons. The fourth-order valence-corrected chi connectivity index (χ4v) is 3.63. The first kappa shape index (κ1) is 16.7. The van der Waals surface area contributed by atoms with Gasteiger partial charge in [-0.25, -0.2) is 0 Å². The molecule has 1 aliphatic heterocycles. The fraction of sp³-hybridized carbons (Fsp3) is 0.474. The van der Waals surface area contributed by atoms with Crippen LogP contribution in [0.3, 0.4) is 0 Å². The lowest BCUT2D eigenvalue weighted by atomic mass is 9.93. The highest BCUT2D eigenvalue weighted by molar-refractivity contribution is 5.94. The lowest BCUT2D eigenvalue weighted by Gasteiger charge is -2.32. The molecular weight excluding hydrogens is 302 g/mol. The molecule has 1 aliphatic rings. The first-order valence-electron chi connectivity index (χ1n) is 8.58. The second-order valence-electron chi connectivity index (χ2n) is 6.65. The summed E-state index contributed by atoms with van der Waals surface area (Å²) >= 11 is 0. The molecule has 128 valence electrons. The van der Waals surface area contributed by atoms with Gasteiger partial charge in [0.2, 0.25) is 0 Å². The number of hydrogen-bond acceptors (Lipinski definition) is 3. The lowest BCUT2D eigenvalue weighted by molar-refractivity contribution is 0.0710. The van der Waals surface area contributed by atoms with Crippen molar-refractivity contribution in [1.29, 1.82) is 0 Å². The number of aromatic nitrogens is 2. The molecule has 5 heteroatoms. The highest BCUT2D eigenvalue weighted by atomic mass is 16.3. The highest BCUT2D eigenvalue weighted by Gasteiger charge is 2.26. The summed E-state index contributed by atoms with van der Waals surface area (Å²) in [5.74, 6) is 0.534. The number of rotatable bonds is 4. The van der Waals surface area contributed by atoms with E-state index in [1.54, 1.807) is 6.20 Å². The van der Waals surface area contributed by atoms with Gasteiger partial charge in [0.25, 0.3) is 5.91 Å². The molecule has 1 amide bonds. The van der Waals surface area contributed by atoms with Gasteiger partial charge in [-0.3, -0.25) is 9.48 Å². The summed E-state index contributed by atoms with van der Waals surface area (Å²) in [6.07, 6.45) is 3.67. The number of likely N-dealkylation sites (tertiary alicyclic amines) is 1. The minimum Gasteiger partial charge on any atom is -0.394 e. The number of aliphatic hydroxyl groups excluding tert-OH is 1. The molecule has 5 nitrogen and oxygen atoms in total. The Bertz CT molecular complexity index is 695. The zero-order valence-corrected chi connectivity index (χ0v) is 14.4. The van der Waals surface area contributed by atoms with Crippen LogP contribution in [-0.2, 0) is 6.54 Å². The Labute approximate surface area is 142 Å². The predicted octanol–water partition coefficient (Wildman–Crippen LogP) is 2.51. The summed E-state index contributed by atoms with van der Waals surface area (Å²) < 4.78 is 1.88.